The molecule has 0 spiro atoms. The summed E-state index contributed by atoms with van der Waals surface area (Å²) in [6.07, 6.45) is 4.95. The fourth-order valence-electron chi connectivity index (χ4n) is 2.21. The lowest BCUT2D eigenvalue weighted by Crippen LogP contribution is -2.28. The standard InChI is InChI=1S/C12H17FN2O/c1-15-5-2-3-12(16,4-6-15)10-7-11(13)9-14-8-10/h7-9,16H,2-6H2,1H3. The van der Waals surface area contributed by atoms with Crippen LogP contribution in [0.2, 0.25) is 0 Å². The monoisotopic (exact) mass is 224 g/mol. The molecule has 2 heterocycles. The average molecular weight is 224 g/mol. The number of likely N-dealkylation sites (tertiary alicyclic amines) is 1. The molecule has 1 aliphatic heterocycles. The largest absolute Gasteiger partial charge is 0.385 e. The zero-order chi connectivity index (χ0) is 11.6. The number of nitrogens with zero attached hydrogens (tertiary/aromatic N) is 2. The van der Waals surface area contributed by atoms with Gasteiger partial charge in [0.2, 0.25) is 0 Å². The summed E-state index contributed by atoms with van der Waals surface area (Å²) in [5.74, 6) is -0.386. The first-order chi connectivity index (χ1) is 7.60. The average Bonchev–Trinajstić information content (AvgIpc) is 2.42. The molecule has 0 aromatic carbocycles. The van der Waals surface area contributed by atoms with Crippen molar-refractivity contribution in [2.24, 2.45) is 0 Å². The third-order valence-electron chi connectivity index (χ3n) is 3.28. The van der Waals surface area contributed by atoms with Crippen molar-refractivity contribution >= 4 is 0 Å². The van der Waals surface area contributed by atoms with Crippen molar-refractivity contribution in [3.63, 3.8) is 0 Å². The summed E-state index contributed by atoms with van der Waals surface area (Å²) in [5.41, 5.74) is -0.317. The van der Waals surface area contributed by atoms with Gasteiger partial charge in [0.25, 0.3) is 0 Å². The fourth-order valence-corrected chi connectivity index (χ4v) is 2.21. The number of aliphatic hydroxyl groups is 1. The van der Waals surface area contributed by atoms with Crippen LogP contribution in [0.15, 0.2) is 18.5 Å². The maximum Gasteiger partial charge on any atom is 0.141 e. The first-order valence-electron chi connectivity index (χ1n) is 5.62. The number of hydrogen-bond acceptors (Lipinski definition) is 3. The third-order valence-corrected chi connectivity index (χ3v) is 3.28. The van der Waals surface area contributed by atoms with Crippen LogP contribution in [0.1, 0.15) is 24.8 Å². The summed E-state index contributed by atoms with van der Waals surface area (Å²) in [7, 11) is 2.04. The molecule has 1 fully saturated rings. The van der Waals surface area contributed by atoms with Crippen molar-refractivity contribution < 1.29 is 9.50 Å². The van der Waals surface area contributed by atoms with E-state index in [0.29, 0.717) is 18.4 Å². The van der Waals surface area contributed by atoms with Crippen LogP contribution >= 0.6 is 0 Å². The van der Waals surface area contributed by atoms with Gasteiger partial charge in [0.15, 0.2) is 0 Å². The molecule has 1 atom stereocenters. The predicted octanol–water partition coefficient (Wildman–Crippen LogP) is 1.52. The maximum absolute atomic E-state index is 13.1. The van der Waals surface area contributed by atoms with Crippen LogP contribution in [0.25, 0.3) is 0 Å². The summed E-state index contributed by atoms with van der Waals surface area (Å²) < 4.78 is 13.1. The molecular formula is C12H17FN2O. The Labute approximate surface area is 94.9 Å². The van der Waals surface area contributed by atoms with Crippen LogP contribution in [0.4, 0.5) is 4.39 Å². The Morgan fingerprint density at radius 2 is 2.19 bits per heavy atom. The summed E-state index contributed by atoms with van der Waals surface area (Å²) in [6, 6.07) is 1.39. The van der Waals surface area contributed by atoms with Crippen molar-refractivity contribution in [1.82, 2.24) is 9.88 Å². The highest BCUT2D eigenvalue weighted by Crippen LogP contribution is 2.32. The molecule has 4 heteroatoms. The lowest BCUT2D eigenvalue weighted by molar-refractivity contribution is 0.0212. The van der Waals surface area contributed by atoms with E-state index in [2.05, 4.69) is 9.88 Å². The van der Waals surface area contributed by atoms with E-state index in [-0.39, 0.29) is 5.82 Å². The maximum atomic E-state index is 13.1. The van der Waals surface area contributed by atoms with Gasteiger partial charge in [-0.15, -0.1) is 0 Å². The number of aromatic nitrogens is 1. The topological polar surface area (TPSA) is 36.4 Å². The number of rotatable bonds is 1. The Hall–Kier alpha value is -1.00. The van der Waals surface area contributed by atoms with Crippen LogP contribution in [-0.2, 0) is 5.60 Å². The van der Waals surface area contributed by atoms with Gasteiger partial charge in [-0.25, -0.2) is 4.39 Å². The van der Waals surface area contributed by atoms with Crippen LogP contribution in [0.5, 0.6) is 0 Å². The summed E-state index contributed by atoms with van der Waals surface area (Å²) in [5, 5.41) is 10.5. The molecule has 0 aliphatic carbocycles. The normalized spacial score (nSPS) is 27.7. The first kappa shape index (κ1) is 11.5. The Balaban J connectivity index is 2.23. The second kappa shape index (κ2) is 4.47. The van der Waals surface area contributed by atoms with Gasteiger partial charge in [-0.05, 0) is 38.9 Å². The minimum absolute atomic E-state index is 0.386. The molecule has 0 radical (unpaired) electrons. The number of pyridine rings is 1. The van der Waals surface area contributed by atoms with Gasteiger partial charge in [-0.3, -0.25) is 4.98 Å². The van der Waals surface area contributed by atoms with Crippen LogP contribution in [0, 0.1) is 5.82 Å². The molecule has 16 heavy (non-hydrogen) atoms. The molecule has 2 rings (SSSR count). The van der Waals surface area contributed by atoms with E-state index in [4.69, 9.17) is 0 Å². The lowest BCUT2D eigenvalue weighted by atomic mass is 9.88. The van der Waals surface area contributed by atoms with Crippen molar-refractivity contribution in [2.75, 3.05) is 20.1 Å². The summed E-state index contributed by atoms with van der Waals surface area (Å²) in [4.78, 5) is 5.99. The minimum Gasteiger partial charge on any atom is -0.385 e. The SMILES string of the molecule is CN1CCCC(O)(c2cncc(F)c2)CC1. The molecule has 3 nitrogen and oxygen atoms in total. The number of hydrogen-bond donors (Lipinski definition) is 1. The molecule has 1 aromatic rings. The predicted molar refractivity (Wildman–Crippen MR) is 59.4 cm³/mol. The highest BCUT2D eigenvalue weighted by molar-refractivity contribution is 5.19. The van der Waals surface area contributed by atoms with Crippen molar-refractivity contribution in [2.45, 2.75) is 24.9 Å². The molecule has 1 N–H and O–H groups in total. The van der Waals surface area contributed by atoms with Crippen molar-refractivity contribution in [3.05, 3.63) is 29.8 Å². The quantitative estimate of drug-likeness (QED) is 0.785. The molecule has 1 aliphatic rings. The van der Waals surface area contributed by atoms with E-state index in [1.807, 2.05) is 7.05 Å². The van der Waals surface area contributed by atoms with E-state index in [0.717, 1.165) is 25.7 Å². The second-order valence-corrected chi connectivity index (χ2v) is 4.58. The van der Waals surface area contributed by atoms with E-state index in [1.54, 1.807) is 6.20 Å². The highest BCUT2D eigenvalue weighted by Gasteiger charge is 2.31. The van der Waals surface area contributed by atoms with E-state index in [9.17, 15) is 9.50 Å². The van der Waals surface area contributed by atoms with Gasteiger partial charge in [0.05, 0.1) is 11.8 Å². The molecule has 88 valence electrons. The molecule has 1 unspecified atom stereocenters. The minimum atomic E-state index is -0.917. The van der Waals surface area contributed by atoms with Gasteiger partial charge in [-0.2, -0.15) is 0 Å². The van der Waals surface area contributed by atoms with Crippen LogP contribution < -0.4 is 0 Å². The first-order valence-corrected chi connectivity index (χ1v) is 5.62. The molecule has 1 aromatic heterocycles. The van der Waals surface area contributed by atoms with Gasteiger partial charge in [-0.1, -0.05) is 0 Å². The summed E-state index contributed by atoms with van der Waals surface area (Å²) in [6.45, 7) is 1.80. The third kappa shape index (κ3) is 2.39. The Morgan fingerprint density at radius 1 is 1.38 bits per heavy atom. The summed E-state index contributed by atoms with van der Waals surface area (Å²) >= 11 is 0. The number of halogens is 1. The Morgan fingerprint density at radius 3 is 2.94 bits per heavy atom. The molecule has 1 saturated heterocycles. The molecule has 0 saturated carbocycles. The molecule has 0 amide bonds. The van der Waals surface area contributed by atoms with Crippen molar-refractivity contribution in [3.8, 4) is 0 Å². The highest BCUT2D eigenvalue weighted by atomic mass is 19.1. The van der Waals surface area contributed by atoms with Gasteiger partial charge in [0.1, 0.15) is 5.82 Å². The van der Waals surface area contributed by atoms with Gasteiger partial charge >= 0.3 is 0 Å². The van der Waals surface area contributed by atoms with Gasteiger partial charge < -0.3 is 10.0 Å². The Bertz CT molecular complexity index is 372. The fraction of sp³-hybridized carbons (Fsp3) is 0.583. The zero-order valence-electron chi connectivity index (χ0n) is 9.49. The van der Waals surface area contributed by atoms with Crippen LogP contribution in [-0.4, -0.2) is 35.1 Å². The lowest BCUT2D eigenvalue weighted by Gasteiger charge is -2.26. The smallest absolute Gasteiger partial charge is 0.141 e. The zero-order valence-corrected chi connectivity index (χ0v) is 9.49. The molecule has 0 bridgehead atoms. The molecular weight excluding hydrogens is 207 g/mol. The van der Waals surface area contributed by atoms with E-state index >= 15 is 0 Å². The van der Waals surface area contributed by atoms with Crippen molar-refractivity contribution in [1.29, 1.82) is 0 Å². The van der Waals surface area contributed by atoms with E-state index < -0.39 is 5.60 Å². The van der Waals surface area contributed by atoms with Gasteiger partial charge in [0, 0.05) is 18.3 Å². The van der Waals surface area contributed by atoms with E-state index in [1.165, 1.54) is 6.07 Å². The second-order valence-electron chi connectivity index (χ2n) is 4.58. The Kier molecular flexibility index (Phi) is 3.21. The van der Waals surface area contributed by atoms with Crippen LogP contribution in [0.3, 0.4) is 0 Å².